The van der Waals surface area contributed by atoms with Gasteiger partial charge in [0.1, 0.15) is 5.75 Å². The second kappa shape index (κ2) is 8.62. The van der Waals surface area contributed by atoms with Gasteiger partial charge in [-0.15, -0.1) is 0 Å². The minimum Gasteiger partial charge on any atom is -0.496 e. The number of hydrogen-bond donors (Lipinski definition) is 2. The highest BCUT2D eigenvalue weighted by molar-refractivity contribution is 5.83. The van der Waals surface area contributed by atoms with Crippen molar-refractivity contribution in [1.82, 2.24) is 9.97 Å². The number of hydrazone groups is 1. The molecule has 0 saturated heterocycles. The van der Waals surface area contributed by atoms with Crippen LogP contribution >= 0.6 is 0 Å². The lowest BCUT2D eigenvalue weighted by Crippen LogP contribution is -2.06. The van der Waals surface area contributed by atoms with Crippen LogP contribution in [0.2, 0.25) is 0 Å². The highest BCUT2D eigenvalue weighted by atomic mass is 16.5. The summed E-state index contributed by atoms with van der Waals surface area (Å²) in [6.45, 7) is 2.58. The standard InChI is InChI=1S/C20H21N5O/c1-15-12-19(25-22-14-17-10-6-7-11-18(17)26-2)24-20(23-15)21-13-16-8-4-3-5-9-16/h3-12,14H,13H2,1-2H3,(H2,21,23,24,25). The zero-order chi connectivity index (χ0) is 18.2. The second-order valence-electron chi connectivity index (χ2n) is 5.67. The maximum atomic E-state index is 5.31. The Balaban J connectivity index is 1.66. The molecule has 2 N–H and O–H groups in total. The van der Waals surface area contributed by atoms with Gasteiger partial charge in [0.2, 0.25) is 5.95 Å². The van der Waals surface area contributed by atoms with Gasteiger partial charge in [0.15, 0.2) is 5.82 Å². The first-order valence-electron chi connectivity index (χ1n) is 8.30. The number of aryl methyl sites for hydroxylation is 1. The van der Waals surface area contributed by atoms with Crippen LogP contribution in [0.4, 0.5) is 11.8 Å². The average Bonchev–Trinajstić information content (AvgIpc) is 2.67. The van der Waals surface area contributed by atoms with Gasteiger partial charge in [-0.2, -0.15) is 10.1 Å². The Morgan fingerprint density at radius 2 is 1.81 bits per heavy atom. The number of methoxy groups -OCH3 is 1. The van der Waals surface area contributed by atoms with E-state index in [9.17, 15) is 0 Å². The maximum Gasteiger partial charge on any atom is 0.225 e. The van der Waals surface area contributed by atoms with E-state index in [1.807, 2.05) is 55.5 Å². The fourth-order valence-corrected chi connectivity index (χ4v) is 2.42. The van der Waals surface area contributed by atoms with Crippen molar-refractivity contribution in [3.63, 3.8) is 0 Å². The third kappa shape index (κ3) is 4.80. The van der Waals surface area contributed by atoms with Gasteiger partial charge in [-0.1, -0.05) is 42.5 Å². The van der Waals surface area contributed by atoms with Crippen LogP contribution in [0.25, 0.3) is 0 Å². The van der Waals surface area contributed by atoms with Gasteiger partial charge < -0.3 is 10.1 Å². The van der Waals surface area contributed by atoms with E-state index in [0.29, 0.717) is 18.3 Å². The smallest absolute Gasteiger partial charge is 0.225 e. The molecule has 0 spiro atoms. The molecule has 0 atom stereocenters. The van der Waals surface area contributed by atoms with Gasteiger partial charge in [-0.3, -0.25) is 5.43 Å². The Morgan fingerprint density at radius 3 is 2.62 bits per heavy atom. The molecule has 0 unspecified atom stereocenters. The monoisotopic (exact) mass is 347 g/mol. The van der Waals surface area contributed by atoms with E-state index in [1.165, 1.54) is 5.56 Å². The fraction of sp³-hybridized carbons (Fsp3) is 0.150. The molecule has 0 saturated carbocycles. The predicted molar refractivity (Wildman–Crippen MR) is 105 cm³/mol. The molecule has 2 aromatic carbocycles. The molecule has 0 aliphatic carbocycles. The molecule has 1 heterocycles. The van der Waals surface area contributed by atoms with E-state index >= 15 is 0 Å². The third-order valence-corrected chi connectivity index (χ3v) is 3.67. The molecule has 0 bridgehead atoms. The number of anilines is 2. The Hall–Kier alpha value is -3.41. The summed E-state index contributed by atoms with van der Waals surface area (Å²) < 4.78 is 5.31. The lowest BCUT2D eigenvalue weighted by Gasteiger charge is -2.08. The van der Waals surface area contributed by atoms with E-state index in [1.54, 1.807) is 13.3 Å². The minimum absolute atomic E-state index is 0.559. The molecule has 6 heteroatoms. The molecule has 1 aromatic heterocycles. The topological polar surface area (TPSA) is 71.4 Å². The van der Waals surface area contributed by atoms with E-state index in [-0.39, 0.29) is 0 Å². The quantitative estimate of drug-likeness (QED) is 0.502. The van der Waals surface area contributed by atoms with Crippen molar-refractivity contribution in [3.05, 3.63) is 77.5 Å². The van der Waals surface area contributed by atoms with Crippen LogP contribution in [0, 0.1) is 6.92 Å². The zero-order valence-electron chi connectivity index (χ0n) is 14.8. The summed E-state index contributed by atoms with van der Waals surface area (Å²) in [4.78, 5) is 8.85. The normalized spacial score (nSPS) is 10.7. The number of para-hydroxylation sites is 1. The van der Waals surface area contributed by atoms with Crippen LogP contribution in [0.3, 0.4) is 0 Å². The number of benzene rings is 2. The Bertz CT molecular complexity index is 880. The predicted octanol–water partition coefficient (Wildman–Crippen LogP) is 3.85. The van der Waals surface area contributed by atoms with Crippen LogP contribution in [0.1, 0.15) is 16.8 Å². The number of hydrogen-bond acceptors (Lipinski definition) is 6. The van der Waals surface area contributed by atoms with Crippen molar-refractivity contribution in [2.75, 3.05) is 17.9 Å². The number of nitrogens with zero attached hydrogens (tertiary/aromatic N) is 3. The molecular weight excluding hydrogens is 326 g/mol. The van der Waals surface area contributed by atoms with Crippen LogP contribution in [-0.4, -0.2) is 23.3 Å². The fourth-order valence-electron chi connectivity index (χ4n) is 2.42. The summed E-state index contributed by atoms with van der Waals surface area (Å²) in [5.74, 6) is 1.95. The third-order valence-electron chi connectivity index (χ3n) is 3.67. The summed E-state index contributed by atoms with van der Waals surface area (Å²) in [6, 6.07) is 19.6. The van der Waals surface area contributed by atoms with Gasteiger partial charge in [-0.05, 0) is 24.6 Å². The van der Waals surface area contributed by atoms with E-state index in [2.05, 4.69) is 37.9 Å². The first kappa shape index (κ1) is 17.4. The van der Waals surface area contributed by atoms with Crippen LogP contribution in [-0.2, 0) is 6.54 Å². The van der Waals surface area contributed by atoms with E-state index in [0.717, 1.165) is 17.0 Å². The van der Waals surface area contributed by atoms with Crippen molar-refractivity contribution in [3.8, 4) is 5.75 Å². The molecule has 0 fully saturated rings. The largest absolute Gasteiger partial charge is 0.496 e. The Labute approximate surface area is 153 Å². The lowest BCUT2D eigenvalue weighted by molar-refractivity contribution is 0.414. The zero-order valence-corrected chi connectivity index (χ0v) is 14.8. The summed E-state index contributed by atoms with van der Waals surface area (Å²) in [6.07, 6.45) is 1.70. The molecule has 3 rings (SSSR count). The van der Waals surface area contributed by atoms with Crippen molar-refractivity contribution in [1.29, 1.82) is 0 Å². The highest BCUT2D eigenvalue weighted by Gasteiger charge is 2.02. The van der Waals surface area contributed by atoms with Gasteiger partial charge in [-0.25, -0.2) is 4.98 Å². The molecule has 0 radical (unpaired) electrons. The van der Waals surface area contributed by atoms with Gasteiger partial charge in [0, 0.05) is 23.9 Å². The number of nitrogens with one attached hydrogen (secondary N) is 2. The molecule has 0 aliphatic rings. The summed E-state index contributed by atoms with van der Waals surface area (Å²) >= 11 is 0. The summed E-state index contributed by atoms with van der Waals surface area (Å²) in [5, 5.41) is 7.48. The van der Waals surface area contributed by atoms with Crippen LogP contribution in [0.15, 0.2) is 65.8 Å². The molecule has 3 aromatic rings. The Kier molecular flexibility index (Phi) is 5.77. The molecule has 0 amide bonds. The summed E-state index contributed by atoms with van der Waals surface area (Å²) in [7, 11) is 1.64. The van der Waals surface area contributed by atoms with Crippen LogP contribution < -0.4 is 15.5 Å². The highest BCUT2D eigenvalue weighted by Crippen LogP contribution is 2.15. The second-order valence-corrected chi connectivity index (χ2v) is 5.67. The number of rotatable bonds is 7. The van der Waals surface area contributed by atoms with Crippen molar-refractivity contribution < 1.29 is 4.74 Å². The van der Waals surface area contributed by atoms with Gasteiger partial charge in [0.25, 0.3) is 0 Å². The summed E-state index contributed by atoms with van der Waals surface area (Å²) in [5.41, 5.74) is 5.85. The molecule has 26 heavy (non-hydrogen) atoms. The molecule has 0 aliphatic heterocycles. The van der Waals surface area contributed by atoms with E-state index < -0.39 is 0 Å². The van der Waals surface area contributed by atoms with E-state index in [4.69, 9.17) is 4.74 Å². The molecule has 6 nitrogen and oxygen atoms in total. The first-order valence-corrected chi connectivity index (χ1v) is 8.30. The molecular formula is C20H21N5O. The minimum atomic E-state index is 0.559. The number of ether oxygens (including phenoxy) is 1. The van der Waals surface area contributed by atoms with Crippen molar-refractivity contribution in [2.24, 2.45) is 5.10 Å². The molecule has 132 valence electrons. The lowest BCUT2D eigenvalue weighted by atomic mass is 10.2. The van der Waals surface area contributed by atoms with Crippen molar-refractivity contribution in [2.45, 2.75) is 13.5 Å². The average molecular weight is 347 g/mol. The first-order chi connectivity index (χ1) is 12.7. The van der Waals surface area contributed by atoms with Crippen molar-refractivity contribution >= 4 is 18.0 Å². The number of aromatic nitrogens is 2. The van der Waals surface area contributed by atoms with Gasteiger partial charge >= 0.3 is 0 Å². The van der Waals surface area contributed by atoms with Gasteiger partial charge in [0.05, 0.1) is 13.3 Å². The van der Waals surface area contributed by atoms with Crippen LogP contribution in [0.5, 0.6) is 5.75 Å². The SMILES string of the molecule is COc1ccccc1C=NNc1cc(C)nc(NCc2ccccc2)n1. The Morgan fingerprint density at radius 1 is 1.04 bits per heavy atom. The maximum absolute atomic E-state index is 5.31.